The number of hydrogen-bond acceptors (Lipinski definition) is 7. The molecule has 5 unspecified atom stereocenters. The summed E-state index contributed by atoms with van der Waals surface area (Å²) in [6.45, 7) is 4.39. The zero-order valence-corrected chi connectivity index (χ0v) is 12.2. The van der Waals surface area contributed by atoms with Crippen LogP contribution in [-0.2, 0) is 39.3 Å². The molecule has 2 bridgehead atoms. The molecule has 118 valence electrons. The van der Waals surface area contributed by atoms with Crippen LogP contribution in [0.5, 0.6) is 0 Å². The lowest BCUT2D eigenvalue weighted by Crippen LogP contribution is -2.44. The molecule has 9 heteroatoms. The number of carbonyl (C=O) groups is 2. The molecule has 2 fully saturated rings. The number of hydrogen-bond donors (Lipinski definition) is 1. The molecule has 8 nitrogen and oxygen atoms in total. The summed E-state index contributed by atoms with van der Waals surface area (Å²) in [6.07, 6.45) is 0.350. The summed E-state index contributed by atoms with van der Waals surface area (Å²) in [5.74, 6) is -1.39. The van der Waals surface area contributed by atoms with E-state index in [-0.39, 0.29) is 0 Å². The Hall–Kier alpha value is -1.29. The van der Waals surface area contributed by atoms with Crippen molar-refractivity contribution in [1.82, 2.24) is 0 Å². The zero-order chi connectivity index (χ0) is 15.6. The van der Waals surface area contributed by atoms with E-state index in [0.717, 1.165) is 6.08 Å². The van der Waals surface area contributed by atoms with Gasteiger partial charge in [-0.2, -0.15) is 4.21 Å². The van der Waals surface area contributed by atoms with Gasteiger partial charge in [0.2, 0.25) is 0 Å². The molecule has 2 aliphatic heterocycles. The predicted molar refractivity (Wildman–Crippen MR) is 69.2 cm³/mol. The predicted octanol–water partition coefficient (Wildman–Crippen LogP) is 0.101. The van der Waals surface area contributed by atoms with Gasteiger partial charge in [-0.05, 0) is 6.92 Å². The smallest absolute Gasteiger partial charge is 0.344 e. The standard InChI is InChI=1S/C12H16O8S/c1-3-10(13)17-6-11(14)19-7-4-9-12(2,20-21(15)16)5-8(7)18-9/h3,7-9H,1,4-6H2,2H3,(H,15,16). The van der Waals surface area contributed by atoms with Gasteiger partial charge in [0.1, 0.15) is 11.7 Å². The van der Waals surface area contributed by atoms with Gasteiger partial charge in [-0.3, -0.25) is 8.74 Å². The Bertz CT molecular complexity index is 478. The van der Waals surface area contributed by atoms with Crippen molar-refractivity contribution < 1.29 is 36.7 Å². The first kappa shape index (κ1) is 16.1. The van der Waals surface area contributed by atoms with Crippen LogP contribution in [-0.4, -0.2) is 51.2 Å². The first-order valence-corrected chi connectivity index (χ1v) is 7.31. The fourth-order valence-electron chi connectivity index (χ4n) is 2.59. The summed E-state index contributed by atoms with van der Waals surface area (Å²) in [5, 5.41) is 0. The number of carbonyl (C=O) groups excluding carboxylic acids is 2. The lowest BCUT2D eigenvalue weighted by Gasteiger charge is -2.31. The van der Waals surface area contributed by atoms with E-state index in [1.807, 2.05) is 0 Å². The van der Waals surface area contributed by atoms with Crippen LogP contribution in [0.15, 0.2) is 12.7 Å². The summed E-state index contributed by atoms with van der Waals surface area (Å²) < 4.78 is 39.9. The van der Waals surface area contributed by atoms with Gasteiger partial charge in [-0.15, -0.1) is 0 Å². The second-order valence-electron chi connectivity index (χ2n) is 5.06. The highest BCUT2D eigenvalue weighted by molar-refractivity contribution is 7.74. The molecule has 0 spiro atoms. The first-order chi connectivity index (χ1) is 9.84. The van der Waals surface area contributed by atoms with Crippen molar-refractivity contribution in [2.45, 2.75) is 43.7 Å². The Morgan fingerprint density at radius 1 is 1.57 bits per heavy atom. The Morgan fingerprint density at radius 2 is 2.29 bits per heavy atom. The van der Waals surface area contributed by atoms with E-state index in [4.69, 9.17) is 18.2 Å². The molecule has 2 aliphatic rings. The van der Waals surface area contributed by atoms with Crippen LogP contribution >= 0.6 is 0 Å². The van der Waals surface area contributed by atoms with Gasteiger partial charge in [-0.25, -0.2) is 9.59 Å². The summed E-state index contributed by atoms with van der Waals surface area (Å²) in [6, 6.07) is 0. The fraction of sp³-hybridized carbons (Fsp3) is 0.667. The van der Waals surface area contributed by atoms with Crippen molar-refractivity contribution in [3.05, 3.63) is 12.7 Å². The summed E-state index contributed by atoms with van der Waals surface area (Å²) in [7, 11) is 0. The van der Waals surface area contributed by atoms with E-state index < -0.39 is 53.8 Å². The molecule has 2 heterocycles. The van der Waals surface area contributed by atoms with Gasteiger partial charge < -0.3 is 14.2 Å². The molecule has 0 radical (unpaired) electrons. The molecular weight excluding hydrogens is 304 g/mol. The van der Waals surface area contributed by atoms with Gasteiger partial charge in [0, 0.05) is 18.9 Å². The third kappa shape index (κ3) is 3.67. The lowest BCUT2D eigenvalue weighted by atomic mass is 9.85. The van der Waals surface area contributed by atoms with Gasteiger partial charge in [-0.1, -0.05) is 6.58 Å². The number of esters is 2. The average Bonchev–Trinajstić information content (AvgIpc) is 2.91. The quantitative estimate of drug-likeness (QED) is 0.417. The molecule has 1 N–H and O–H groups in total. The maximum atomic E-state index is 11.5. The Labute approximate surface area is 123 Å². The Balaban J connectivity index is 1.82. The van der Waals surface area contributed by atoms with Crippen molar-refractivity contribution in [3.63, 3.8) is 0 Å². The van der Waals surface area contributed by atoms with Crippen LogP contribution < -0.4 is 0 Å². The van der Waals surface area contributed by atoms with Crippen LogP contribution in [0.2, 0.25) is 0 Å². The summed E-state index contributed by atoms with van der Waals surface area (Å²) in [4.78, 5) is 22.4. The van der Waals surface area contributed by atoms with Crippen LogP contribution in [0.25, 0.3) is 0 Å². The molecular formula is C12H16O8S. The van der Waals surface area contributed by atoms with Crippen LogP contribution in [0, 0.1) is 0 Å². The summed E-state index contributed by atoms with van der Waals surface area (Å²) in [5.41, 5.74) is -0.873. The number of rotatable bonds is 6. The number of fused-ring (bicyclic) bond motifs is 2. The molecule has 0 aliphatic carbocycles. The van der Waals surface area contributed by atoms with Gasteiger partial charge >= 0.3 is 23.3 Å². The third-order valence-corrected chi connectivity index (χ3v) is 4.05. The highest BCUT2D eigenvalue weighted by Gasteiger charge is 2.57. The second kappa shape index (κ2) is 6.22. The van der Waals surface area contributed by atoms with Crippen LogP contribution in [0.3, 0.4) is 0 Å². The molecule has 0 aromatic heterocycles. The normalized spacial score (nSPS) is 35.2. The van der Waals surface area contributed by atoms with Crippen molar-refractivity contribution in [3.8, 4) is 0 Å². The minimum atomic E-state index is -2.38. The lowest BCUT2D eigenvalue weighted by molar-refractivity contribution is -0.162. The van der Waals surface area contributed by atoms with E-state index in [2.05, 4.69) is 11.3 Å². The van der Waals surface area contributed by atoms with Crippen molar-refractivity contribution in [2.75, 3.05) is 6.61 Å². The minimum absolute atomic E-state index is 0.342. The van der Waals surface area contributed by atoms with Crippen molar-refractivity contribution in [1.29, 1.82) is 0 Å². The fourth-order valence-corrected chi connectivity index (χ4v) is 3.09. The first-order valence-electron chi connectivity index (χ1n) is 6.28. The maximum Gasteiger partial charge on any atom is 0.344 e. The van der Waals surface area contributed by atoms with E-state index in [0.29, 0.717) is 12.8 Å². The highest BCUT2D eigenvalue weighted by Crippen LogP contribution is 2.45. The van der Waals surface area contributed by atoms with Crippen LogP contribution in [0.4, 0.5) is 0 Å². The second-order valence-corrected chi connectivity index (χ2v) is 5.66. The molecule has 21 heavy (non-hydrogen) atoms. The topological polar surface area (TPSA) is 108 Å². The van der Waals surface area contributed by atoms with Crippen LogP contribution in [0.1, 0.15) is 19.8 Å². The largest absolute Gasteiger partial charge is 0.457 e. The van der Waals surface area contributed by atoms with Crippen molar-refractivity contribution >= 4 is 23.3 Å². The molecule has 0 aromatic rings. The SMILES string of the molecule is C=CC(=O)OCC(=O)OC1CC2OC1CC2(C)OS(=O)O. The highest BCUT2D eigenvalue weighted by atomic mass is 32.2. The van der Waals surface area contributed by atoms with Gasteiger partial charge in [0.05, 0.1) is 12.2 Å². The average molecular weight is 320 g/mol. The zero-order valence-electron chi connectivity index (χ0n) is 11.4. The Kier molecular flexibility index (Phi) is 4.77. The summed E-state index contributed by atoms with van der Waals surface area (Å²) >= 11 is -2.38. The minimum Gasteiger partial charge on any atom is -0.457 e. The molecule has 2 saturated heterocycles. The molecule has 0 aromatic carbocycles. The van der Waals surface area contributed by atoms with E-state index in [9.17, 15) is 13.8 Å². The van der Waals surface area contributed by atoms with Gasteiger partial charge in [0.25, 0.3) is 0 Å². The van der Waals surface area contributed by atoms with Crippen molar-refractivity contribution in [2.24, 2.45) is 0 Å². The molecule has 0 amide bonds. The molecule has 5 atom stereocenters. The third-order valence-electron chi connectivity index (χ3n) is 3.53. The monoisotopic (exact) mass is 320 g/mol. The van der Waals surface area contributed by atoms with Gasteiger partial charge in [0.15, 0.2) is 6.61 Å². The van der Waals surface area contributed by atoms with E-state index in [1.54, 1.807) is 6.92 Å². The Morgan fingerprint density at radius 3 is 2.81 bits per heavy atom. The van der Waals surface area contributed by atoms with E-state index >= 15 is 0 Å². The maximum absolute atomic E-state index is 11.5. The molecule has 2 rings (SSSR count). The molecule has 0 saturated carbocycles. The number of ether oxygens (including phenoxy) is 3. The van der Waals surface area contributed by atoms with E-state index in [1.165, 1.54) is 0 Å².